The van der Waals surface area contributed by atoms with E-state index in [1.54, 1.807) is 6.07 Å². The molecule has 2 aromatic heterocycles. The standard InChI is InChI=1S/C24H20BrN3O/c1-15-4-12-21(16(2)14-15)28-22(13-8-18-6-9-19(25)10-7-18)27-24(29)20-11-5-17(3)26-23(20)28/h4-14H,1-3H3/b13-8+. The summed E-state index contributed by atoms with van der Waals surface area (Å²) in [6, 6.07) is 17.8. The van der Waals surface area contributed by atoms with E-state index in [2.05, 4.69) is 57.9 Å². The van der Waals surface area contributed by atoms with Crippen molar-refractivity contribution in [2.24, 2.45) is 0 Å². The number of nitrogens with zero attached hydrogens (tertiary/aromatic N) is 3. The van der Waals surface area contributed by atoms with Crippen molar-refractivity contribution in [1.29, 1.82) is 0 Å². The summed E-state index contributed by atoms with van der Waals surface area (Å²) in [5, 5.41) is 0.511. The fraction of sp³-hybridized carbons (Fsp3) is 0.125. The van der Waals surface area contributed by atoms with Gasteiger partial charge in [-0.25, -0.2) is 4.98 Å². The number of benzene rings is 2. The minimum Gasteiger partial charge on any atom is -0.278 e. The minimum atomic E-state index is -0.274. The molecular formula is C24H20BrN3O. The van der Waals surface area contributed by atoms with Crippen LogP contribution in [-0.2, 0) is 0 Å². The Balaban J connectivity index is 2.00. The highest BCUT2D eigenvalue weighted by Crippen LogP contribution is 2.23. The average Bonchev–Trinajstić information content (AvgIpc) is 2.68. The Morgan fingerprint density at radius 3 is 2.38 bits per heavy atom. The van der Waals surface area contributed by atoms with Crippen LogP contribution in [-0.4, -0.2) is 14.5 Å². The molecule has 0 bridgehead atoms. The first-order chi connectivity index (χ1) is 13.9. The smallest absolute Gasteiger partial charge is 0.278 e. The van der Waals surface area contributed by atoms with E-state index < -0.39 is 0 Å². The van der Waals surface area contributed by atoms with Crippen LogP contribution in [0.5, 0.6) is 0 Å². The molecule has 0 aliphatic carbocycles. The molecule has 144 valence electrons. The van der Waals surface area contributed by atoms with Crippen LogP contribution in [0.25, 0.3) is 28.9 Å². The molecule has 0 spiro atoms. The summed E-state index contributed by atoms with van der Waals surface area (Å²) < 4.78 is 2.98. The van der Waals surface area contributed by atoms with E-state index in [9.17, 15) is 4.79 Å². The number of pyridine rings is 1. The second-order valence-electron chi connectivity index (χ2n) is 7.11. The van der Waals surface area contributed by atoms with Gasteiger partial charge in [-0.2, -0.15) is 4.98 Å². The van der Waals surface area contributed by atoms with Crippen LogP contribution in [0.15, 0.2) is 63.9 Å². The molecule has 5 heteroatoms. The van der Waals surface area contributed by atoms with Crippen molar-refractivity contribution in [3.63, 3.8) is 0 Å². The Kier molecular flexibility index (Phi) is 5.16. The molecular weight excluding hydrogens is 426 g/mol. The van der Waals surface area contributed by atoms with E-state index >= 15 is 0 Å². The molecule has 4 aromatic rings. The summed E-state index contributed by atoms with van der Waals surface area (Å²) in [5.74, 6) is 0.551. The van der Waals surface area contributed by atoms with Gasteiger partial charge < -0.3 is 0 Å². The molecule has 2 heterocycles. The SMILES string of the molecule is Cc1ccc(-n2c(/C=C/c3ccc(Br)cc3)nc(=O)c3ccc(C)nc32)c(C)c1. The molecule has 0 atom stereocenters. The van der Waals surface area contributed by atoms with Crippen molar-refractivity contribution in [2.45, 2.75) is 20.8 Å². The van der Waals surface area contributed by atoms with Gasteiger partial charge in [0.25, 0.3) is 5.56 Å². The Labute approximate surface area is 177 Å². The van der Waals surface area contributed by atoms with E-state index in [4.69, 9.17) is 0 Å². The van der Waals surface area contributed by atoms with Gasteiger partial charge in [0.1, 0.15) is 5.82 Å². The predicted octanol–water partition coefficient (Wildman–Crippen LogP) is 5.64. The second-order valence-corrected chi connectivity index (χ2v) is 8.02. The van der Waals surface area contributed by atoms with Gasteiger partial charge in [0, 0.05) is 10.2 Å². The molecule has 0 aliphatic heterocycles. The van der Waals surface area contributed by atoms with Crippen molar-refractivity contribution in [3.8, 4) is 5.69 Å². The maximum atomic E-state index is 12.7. The molecule has 0 saturated heterocycles. The molecule has 0 radical (unpaired) electrons. The third kappa shape index (κ3) is 3.91. The first-order valence-corrected chi connectivity index (χ1v) is 10.1. The van der Waals surface area contributed by atoms with Crippen LogP contribution in [0.4, 0.5) is 0 Å². The van der Waals surface area contributed by atoms with Crippen molar-refractivity contribution < 1.29 is 0 Å². The van der Waals surface area contributed by atoms with Crippen LogP contribution < -0.4 is 5.56 Å². The zero-order valence-electron chi connectivity index (χ0n) is 16.5. The van der Waals surface area contributed by atoms with Crippen LogP contribution in [0.1, 0.15) is 28.2 Å². The lowest BCUT2D eigenvalue weighted by atomic mass is 10.1. The first-order valence-electron chi connectivity index (χ1n) is 9.34. The molecule has 4 nitrogen and oxygen atoms in total. The van der Waals surface area contributed by atoms with Gasteiger partial charge in [-0.05, 0) is 68.3 Å². The molecule has 0 saturated carbocycles. The average molecular weight is 446 g/mol. The van der Waals surface area contributed by atoms with Gasteiger partial charge in [-0.3, -0.25) is 9.36 Å². The number of halogens is 1. The van der Waals surface area contributed by atoms with Crippen LogP contribution in [0, 0.1) is 20.8 Å². The molecule has 0 fully saturated rings. The van der Waals surface area contributed by atoms with Gasteiger partial charge in [0.05, 0.1) is 11.1 Å². The monoisotopic (exact) mass is 445 g/mol. The summed E-state index contributed by atoms with van der Waals surface area (Å²) >= 11 is 3.45. The first kappa shape index (κ1) is 19.3. The van der Waals surface area contributed by atoms with Gasteiger partial charge in [0.15, 0.2) is 5.65 Å². The highest BCUT2D eigenvalue weighted by Gasteiger charge is 2.14. The number of aryl methyl sites for hydroxylation is 3. The third-order valence-electron chi connectivity index (χ3n) is 4.79. The number of rotatable bonds is 3. The second kappa shape index (κ2) is 7.76. The molecule has 0 unspecified atom stereocenters. The highest BCUT2D eigenvalue weighted by atomic mass is 79.9. The zero-order chi connectivity index (χ0) is 20.5. The van der Waals surface area contributed by atoms with Gasteiger partial charge in [0.2, 0.25) is 0 Å². The Hall–Kier alpha value is -3.05. The van der Waals surface area contributed by atoms with E-state index in [0.29, 0.717) is 16.9 Å². The lowest BCUT2D eigenvalue weighted by Gasteiger charge is -2.16. The molecule has 29 heavy (non-hydrogen) atoms. The van der Waals surface area contributed by atoms with Crippen molar-refractivity contribution >= 4 is 39.1 Å². The molecule has 2 aromatic carbocycles. The van der Waals surface area contributed by atoms with E-state index in [1.165, 1.54) is 5.56 Å². The molecule has 0 amide bonds. The van der Waals surface area contributed by atoms with Crippen molar-refractivity contribution in [2.75, 3.05) is 0 Å². The Bertz CT molecular complexity index is 1300. The van der Waals surface area contributed by atoms with Crippen molar-refractivity contribution in [1.82, 2.24) is 14.5 Å². The molecule has 0 aliphatic rings. The maximum Gasteiger partial charge on any atom is 0.282 e. The highest BCUT2D eigenvalue weighted by molar-refractivity contribution is 9.10. The van der Waals surface area contributed by atoms with Gasteiger partial charge in [-0.15, -0.1) is 0 Å². The zero-order valence-corrected chi connectivity index (χ0v) is 18.1. The normalized spacial score (nSPS) is 11.4. The summed E-state index contributed by atoms with van der Waals surface area (Å²) in [4.78, 5) is 21.7. The number of hydrogen-bond acceptors (Lipinski definition) is 3. The predicted molar refractivity (Wildman–Crippen MR) is 122 cm³/mol. The van der Waals surface area contributed by atoms with E-state index in [0.717, 1.165) is 27.0 Å². The third-order valence-corrected chi connectivity index (χ3v) is 5.32. The van der Waals surface area contributed by atoms with Gasteiger partial charge >= 0.3 is 0 Å². The number of hydrogen-bond donors (Lipinski definition) is 0. The lowest BCUT2D eigenvalue weighted by molar-refractivity contribution is 0.955. The van der Waals surface area contributed by atoms with Crippen LogP contribution >= 0.6 is 15.9 Å². The quantitative estimate of drug-likeness (QED) is 0.409. The fourth-order valence-corrected chi connectivity index (χ4v) is 3.62. The Morgan fingerprint density at radius 1 is 0.897 bits per heavy atom. The maximum absolute atomic E-state index is 12.7. The fourth-order valence-electron chi connectivity index (χ4n) is 3.35. The summed E-state index contributed by atoms with van der Waals surface area (Å²) in [7, 11) is 0. The number of aromatic nitrogens is 3. The molecule has 0 N–H and O–H groups in total. The summed E-state index contributed by atoms with van der Waals surface area (Å²) in [6.07, 6.45) is 3.82. The van der Waals surface area contributed by atoms with Crippen molar-refractivity contribution in [3.05, 3.63) is 97.6 Å². The summed E-state index contributed by atoms with van der Waals surface area (Å²) in [6.45, 7) is 6.05. The largest absolute Gasteiger partial charge is 0.282 e. The minimum absolute atomic E-state index is 0.274. The number of fused-ring (bicyclic) bond motifs is 1. The topological polar surface area (TPSA) is 47.8 Å². The summed E-state index contributed by atoms with van der Waals surface area (Å²) in [5.41, 5.74) is 5.45. The Morgan fingerprint density at radius 2 is 1.66 bits per heavy atom. The van der Waals surface area contributed by atoms with Crippen LogP contribution in [0.3, 0.4) is 0 Å². The van der Waals surface area contributed by atoms with E-state index in [1.807, 2.05) is 54.0 Å². The molecule has 4 rings (SSSR count). The van der Waals surface area contributed by atoms with Gasteiger partial charge in [-0.1, -0.05) is 51.8 Å². The van der Waals surface area contributed by atoms with E-state index in [-0.39, 0.29) is 5.56 Å². The van der Waals surface area contributed by atoms with Crippen LogP contribution in [0.2, 0.25) is 0 Å². The lowest BCUT2D eigenvalue weighted by Crippen LogP contribution is -2.17.